The molecule has 0 aliphatic heterocycles. The van der Waals surface area contributed by atoms with E-state index in [0.717, 1.165) is 22.6 Å². The van der Waals surface area contributed by atoms with Gasteiger partial charge in [-0.05, 0) is 32.4 Å². The highest BCUT2D eigenvalue weighted by Crippen LogP contribution is 2.14. The van der Waals surface area contributed by atoms with Crippen molar-refractivity contribution < 1.29 is 0 Å². The van der Waals surface area contributed by atoms with Crippen LogP contribution >= 0.6 is 0 Å². The first-order chi connectivity index (χ1) is 9.56. The number of aromatic nitrogens is 5. The molecule has 0 radical (unpaired) electrons. The minimum absolute atomic E-state index is 0.641. The maximum atomic E-state index is 4.51. The van der Waals surface area contributed by atoms with Gasteiger partial charge in [0.15, 0.2) is 5.65 Å². The minimum atomic E-state index is 0.641. The lowest BCUT2D eigenvalue weighted by Crippen LogP contribution is -2.03. The van der Waals surface area contributed by atoms with Crippen LogP contribution < -0.4 is 5.32 Å². The number of nitrogens with zero attached hydrogens (tertiary/aromatic N) is 5. The molecule has 20 heavy (non-hydrogen) atoms. The SMILES string of the molecule is Cc1nn(C)c(C)c1CNc1nc2c(C)cccn2n1. The van der Waals surface area contributed by atoms with E-state index in [1.54, 1.807) is 4.52 Å². The van der Waals surface area contributed by atoms with Crippen LogP contribution in [-0.4, -0.2) is 24.4 Å². The van der Waals surface area contributed by atoms with Gasteiger partial charge < -0.3 is 5.32 Å². The van der Waals surface area contributed by atoms with E-state index in [9.17, 15) is 0 Å². The van der Waals surface area contributed by atoms with Crippen LogP contribution in [0.3, 0.4) is 0 Å². The first-order valence-corrected chi connectivity index (χ1v) is 6.61. The van der Waals surface area contributed by atoms with E-state index in [1.807, 2.05) is 43.9 Å². The number of hydrogen-bond acceptors (Lipinski definition) is 4. The summed E-state index contributed by atoms with van der Waals surface area (Å²) in [6.45, 7) is 6.80. The Balaban J connectivity index is 1.85. The van der Waals surface area contributed by atoms with Crippen molar-refractivity contribution in [3.63, 3.8) is 0 Å². The van der Waals surface area contributed by atoms with Crippen molar-refractivity contribution in [2.24, 2.45) is 7.05 Å². The Bertz CT molecular complexity index is 767. The Labute approximate surface area is 117 Å². The molecule has 0 atom stereocenters. The molecular weight excluding hydrogens is 252 g/mol. The summed E-state index contributed by atoms with van der Waals surface area (Å²) in [5.74, 6) is 0.641. The summed E-state index contributed by atoms with van der Waals surface area (Å²) in [5, 5.41) is 12.1. The highest BCUT2D eigenvalue weighted by Gasteiger charge is 2.10. The van der Waals surface area contributed by atoms with Crippen molar-refractivity contribution in [1.29, 1.82) is 0 Å². The van der Waals surface area contributed by atoms with E-state index in [4.69, 9.17) is 0 Å². The van der Waals surface area contributed by atoms with Crippen LogP contribution in [0.5, 0.6) is 0 Å². The van der Waals surface area contributed by atoms with Gasteiger partial charge in [-0.25, -0.2) is 4.52 Å². The second kappa shape index (κ2) is 4.63. The van der Waals surface area contributed by atoms with Crippen LogP contribution in [0, 0.1) is 20.8 Å². The molecule has 0 aromatic carbocycles. The van der Waals surface area contributed by atoms with Gasteiger partial charge in [-0.3, -0.25) is 4.68 Å². The fraction of sp³-hybridized carbons (Fsp3) is 0.357. The van der Waals surface area contributed by atoms with Crippen LogP contribution in [0.15, 0.2) is 18.3 Å². The van der Waals surface area contributed by atoms with Crippen LogP contribution in [0.1, 0.15) is 22.5 Å². The molecule has 104 valence electrons. The molecule has 0 saturated carbocycles. The molecule has 0 aliphatic carbocycles. The lowest BCUT2D eigenvalue weighted by molar-refractivity contribution is 0.730. The molecule has 3 rings (SSSR count). The third-order valence-electron chi connectivity index (χ3n) is 3.64. The van der Waals surface area contributed by atoms with E-state index in [-0.39, 0.29) is 0 Å². The van der Waals surface area contributed by atoms with Crippen molar-refractivity contribution in [2.45, 2.75) is 27.3 Å². The van der Waals surface area contributed by atoms with E-state index in [0.29, 0.717) is 12.5 Å². The van der Waals surface area contributed by atoms with Gasteiger partial charge >= 0.3 is 0 Å². The first-order valence-electron chi connectivity index (χ1n) is 6.61. The summed E-state index contributed by atoms with van der Waals surface area (Å²) in [5.41, 5.74) is 5.40. The molecule has 0 amide bonds. The van der Waals surface area contributed by atoms with E-state index < -0.39 is 0 Å². The average Bonchev–Trinajstić information content (AvgIpc) is 2.92. The Morgan fingerprint density at radius 3 is 2.65 bits per heavy atom. The Hall–Kier alpha value is -2.37. The average molecular weight is 270 g/mol. The van der Waals surface area contributed by atoms with Crippen LogP contribution in [0.4, 0.5) is 5.95 Å². The van der Waals surface area contributed by atoms with Gasteiger partial charge in [-0.1, -0.05) is 6.07 Å². The quantitative estimate of drug-likeness (QED) is 0.791. The number of rotatable bonds is 3. The third kappa shape index (κ3) is 2.03. The normalized spacial score (nSPS) is 11.2. The fourth-order valence-corrected chi connectivity index (χ4v) is 2.36. The van der Waals surface area contributed by atoms with Gasteiger partial charge in [0.05, 0.1) is 5.69 Å². The standard InChI is InChI=1S/C14H18N6/c1-9-6-5-7-20-13(9)16-14(18-20)15-8-12-10(2)17-19(4)11(12)3/h5-7H,8H2,1-4H3,(H,15,18). The van der Waals surface area contributed by atoms with Crippen molar-refractivity contribution in [3.8, 4) is 0 Å². The van der Waals surface area contributed by atoms with E-state index in [2.05, 4.69) is 27.4 Å². The lowest BCUT2D eigenvalue weighted by atomic mass is 10.2. The van der Waals surface area contributed by atoms with Crippen LogP contribution in [0.25, 0.3) is 5.65 Å². The third-order valence-corrected chi connectivity index (χ3v) is 3.64. The number of pyridine rings is 1. The number of aryl methyl sites for hydroxylation is 3. The summed E-state index contributed by atoms with van der Waals surface area (Å²) < 4.78 is 3.69. The predicted molar refractivity (Wildman–Crippen MR) is 77.7 cm³/mol. The molecule has 1 N–H and O–H groups in total. The second-order valence-corrected chi connectivity index (χ2v) is 5.02. The monoisotopic (exact) mass is 270 g/mol. The molecule has 0 aliphatic rings. The molecule has 0 saturated heterocycles. The summed E-state index contributed by atoms with van der Waals surface area (Å²) in [6, 6.07) is 4.00. The summed E-state index contributed by atoms with van der Waals surface area (Å²) in [7, 11) is 1.96. The largest absolute Gasteiger partial charge is 0.349 e. The second-order valence-electron chi connectivity index (χ2n) is 5.02. The first kappa shape index (κ1) is 12.7. The van der Waals surface area contributed by atoms with Gasteiger partial charge in [0.25, 0.3) is 0 Å². The molecule has 0 spiro atoms. The summed E-state index contributed by atoms with van der Waals surface area (Å²) in [6.07, 6.45) is 1.90. The van der Waals surface area contributed by atoms with Crippen LogP contribution in [0.2, 0.25) is 0 Å². The Kier molecular flexibility index (Phi) is 2.93. The fourth-order valence-electron chi connectivity index (χ4n) is 2.36. The molecule has 6 heteroatoms. The van der Waals surface area contributed by atoms with Gasteiger partial charge in [0, 0.05) is 31.0 Å². The summed E-state index contributed by atoms with van der Waals surface area (Å²) in [4.78, 5) is 4.51. The topological polar surface area (TPSA) is 60.0 Å². The van der Waals surface area contributed by atoms with Gasteiger partial charge in [0.1, 0.15) is 0 Å². The highest BCUT2D eigenvalue weighted by molar-refractivity contribution is 5.50. The van der Waals surface area contributed by atoms with Crippen molar-refractivity contribution in [2.75, 3.05) is 5.32 Å². The molecule has 3 aromatic rings. The lowest BCUT2D eigenvalue weighted by Gasteiger charge is -2.02. The summed E-state index contributed by atoms with van der Waals surface area (Å²) >= 11 is 0. The molecule has 0 bridgehead atoms. The smallest absolute Gasteiger partial charge is 0.243 e. The minimum Gasteiger partial charge on any atom is -0.349 e. The van der Waals surface area contributed by atoms with Gasteiger partial charge in [-0.2, -0.15) is 10.1 Å². The van der Waals surface area contributed by atoms with Gasteiger partial charge in [-0.15, -0.1) is 5.10 Å². The molecule has 0 unspecified atom stereocenters. The Morgan fingerprint density at radius 1 is 1.20 bits per heavy atom. The molecule has 0 fully saturated rings. The highest BCUT2D eigenvalue weighted by atomic mass is 15.3. The van der Waals surface area contributed by atoms with Crippen molar-refractivity contribution in [1.82, 2.24) is 24.4 Å². The number of hydrogen-bond donors (Lipinski definition) is 1. The van der Waals surface area contributed by atoms with E-state index >= 15 is 0 Å². The zero-order valence-corrected chi connectivity index (χ0v) is 12.2. The van der Waals surface area contributed by atoms with E-state index in [1.165, 1.54) is 5.56 Å². The molecular formula is C14H18N6. The zero-order chi connectivity index (χ0) is 14.3. The van der Waals surface area contributed by atoms with Crippen molar-refractivity contribution in [3.05, 3.63) is 40.8 Å². The van der Waals surface area contributed by atoms with Crippen LogP contribution in [-0.2, 0) is 13.6 Å². The molecule has 3 heterocycles. The Morgan fingerprint density at radius 2 is 2.00 bits per heavy atom. The molecule has 6 nitrogen and oxygen atoms in total. The maximum absolute atomic E-state index is 4.51. The maximum Gasteiger partial charge on any atom is 0.243 e. The van der Waals surface area contributed by atoms with Crippen molar-refractivity contribution >= 4 is 11.6 Å². The number of anilines is 1. The van der Waals surface area contributed by atoms with Gasteiger partial charge in [0.2, 0.25) is 5.95 Å². The zero-order valence-electron chi connectivity index (χ0n) is 12.2. The predicted octanol–water partition coefficient (Wildman–Crippen LogP) is 2.00. The number of nitrogens with one attached hydrogen (secondary N) is 1. The molecule has 3 aromatic heterocycles. The number of fused-ring (bicyclic) bond motifs is 1.